The SMILES string of the molecule is O=C1COC(CCc2ccc(C(F)F)c(F)c2)(C2CCCC2)CC1=O. The minimum Gasteiger partial charge on any atom is -0.366 e. The Bertz CT molecular complexity index is 668. The van der Waals surface area contributed by atoms with Gasteiger partial charge in [-0.1, -0.05) is 25.0 Å². The van der Waals surface area contributed by atoms with Crippen LogP contribution in [-0.2, 0) is 20.7 Å². The molecule has 1 saturated carbocycles. The van der Waals surface area contributed by atoms with Crippen molar-refractivity contribution in [3.8, 4) is 0 Å². The molecule has 0 bridgehead atoms. The molecule has 2 fully saturated rings. The largest absolute Gasteiger partial charge is 0.366 e. The van der Waals surface area contributed by atoms with E-state index in [0.717, 1.165) is 37.8 Å². The molecule has 6 heteroatoms. The summed E-state index contributed by atoms with van der Waals surface area (Å²) in [5, 5.41) is 0. The van der Waals surface area contributed by atoms with Crippen molar-refractivity contribution in [2.45, 2.75) is 57.0 Å². The van der Waals surface area contributed by atoms with Gasteiger partial charge in [0.2, 0.25) is 11.6 Å². The standard InChI is InChI=1S/C19H21F3O3/c20-15-9-12(5-6-14(15)18(21)22)7-8-19(13-3-1-2-4-13)10-16(23)17(24)11-25-19/h5-6,9,13,18H,1-4,7-8,10-11H2. The van der Waals surface area contributed by atoms with Crippen molar-refractivity contribution in [2.75, 3.05) is 6.61 Å². The monoisotopic (exact) mass is 354 g/mol. The number of rotatable bonds is 5. The Labute approximate surface area is 144 Å². The smallest absolute Gasteiger partial charge is 0.266 e. The Morgan fingerprint density at radius 3 is 2.48 bits per heavy atom. The normalized spacial score (nSPS) is 25.1. The lowest BCUT2D eigenvalue weighted by atomic mass is 9.76. The molecule has 1 unspecified atom stereocenters. The molecule has 0 spiro atoms. The fraction of sp³-hybridized carbons (Fsp3) is 0.579. The Hall–Kier alpha value is -1.69. The Balaban J connectivity index is 1.76. The first-order valence-corrected chi connectivity index (χ1v) is 8.68. The number of aryl methyl sites for hydroxylation is 1. The average Bonchev–Trinajstić information content (AvgIpc) is 3.11. The van der Waals surface area contributed by atoms with E-state index in [4.69, 9.17) is 4.74 Å². The Kier molecular flexibility index (Phi) is 5.27. The van der Waals surface area contributed by atoms with Gasteiger partial charge in [-0.05, 0) is 43.2 Å². The van der Waals surface area contributed by atoms with Crippen LogP contribution in [0.1, 0.15) is 56.1 Å². The minimum absolute atomic E-state index is 0.0636. The number of ketones is 2. The van der Waals surface area contributed by atoms with Crippen LogP contribution in [0.4, 0.5) is 13.2 Å². The van der Waals surface area contributed by atoms with Crippen molar-refractivity contribution in [3.05, 3.63) is 35.1 Å². The van der Waals surface area contributed by atoms with Gasteiger partial charge in [0.25, 0.3) is 6.43 Å². The van der Waals surface area contributed by atoms with Gasteiger partial charge in [0.15, 0.2) is 0 Å². The van der Waals surface area contributed by atoms with Gasteiger partial charge in [0.1, 0.15) is 12.4 Å². The molecule has 1 aliphatic carbocycles. The average molecular weight is 354 g/mol. The fourth-order valence-corrected chi connectivity index (χ4v) is 4.05. The number of alkyl halides is 2. The first-order valence-electron chi connectivity index (χ1n) is 8.68. The topological polar surface area (TPSA) is 43.4 Å². The molecule has 0 amide bonds. The van der Waals surface area contributed by atoms with Crippen LogP contribution in [0.2, 0.25) is 0 Å². The highest BCUT2D eigenvalue weighted by Crippen LogP contribution is 2.43. The molecular weight excluding hydrogens is 333 g/mol. The molecule has 2 aliphatic rings. The lowest BCUT2D eigenvalue weighted by molar-refractivity contribution is -0.164. The van der Waals surface area contributed by atoms with E-state index in [1.165, 1.54) is 6.07 Å². The summed E-state index contributed by atoms with van der Waals surface area (Å²) in [5.41, 5.74) is -0.713. The van der Waals surface area contributed by atoms with E-state index in [2.05, 4.69) is 0 Å². The maximum Gasteiger partial charge on any atom is 0.266 e. The number of carbonyl (C=O) groups is 2. The summed E-state index contributed by atoms with van der Waals surface area (Å²) < 4.78 is 44.9. The van der Waals surface area contributed by atoms with E-state index in [0.29, 0.717) is 18.4 Å². The first-order chi connectivity index (χ1) is 11.9. The van der Waals surface area contributed by atoms with Crippen molar-refractivity contribution >= 4 is 11.6 Å². The minimum atomic E-state index is -2.84. The summed E-state index contributed by atoms with van der Waals surface area (Å²) in [6, 6.07) is 3.72. The molecule has 136 valence electrons. The van der Waals surface area contributed by atoms with E-state index < -0.39 is 35.0 Å². The number of hydrogen-bond acceptors (Lipinski definition) is 3. The van der Waals surface area contributed by atoms with E-state index in [9.17, 15) is 22.8 Å². The Morgan fingerprint density at radius 2 is 1.88 bits per heavy atom. The lowest BCUT2D eigenvalue weighted by Gasteiger charge is -2.41. The second kappa shape index (κ2) is 7.28. The van der Waals surface area contributed by atoms with Crippen molar-refractivity contribution in [2.24, 2.45) is 5.92 Å². The molecule has 1 aliphatic heterocycles. The molecule has 0 aromatic heterocycles. The third-order valence-electron chi connectivity index (χ3n) is 5.50. The summed E-state index contributed by atoms with van der Waals surface area (Å²) in [5.74, 6) is -1.62. The molecule has 25 heavy (non-hydrogen) atoms. The van der Waals surface area contributed by atoms with Gasteiger partial charge in [0.05, 0.1) is 11.2 Å². The van der Waals surface area contributed by atoms with Crippen molar-refractivity contribution in [3.63, 3.8) is 0 Å². The van der Waals surface area contributed by atoms with E-state index in [1.807, 2.05) is 0 Å². The predicted molar refractivity (Wildman–Crippen MR) is 85.0 cm³/mol. The number of benzene rings is 1. The van der Waals surface area contributed by atoms with Crippen LogP contribution in [0.3, 0.4) is 0 Å². The number of ether oxygens (including phenoxy) is 1. The van der Waals surface area contributed by atoms with Crippen LogP contribution in [0.25, 0.3) is 0 Å². The first kappa shape index (κ1) is 18.1. The van der Waals surface area contributed by atoms with E-state index in [-0.39, 0.29) is 18.9 Å². The highest BCUT2D eigenvalue weighted by atomic mass is 19.3. The predicted octanol–water partition coefficient (Wildman–Crippen LogP) is 4.18. The highest BCUT2D eigenvalue weighted by Gasteiger charge is 2.46. The molecule has 1 atom stereocenters. The fourth-order valence-electron chi connectivity index (χ4n) is 4.05. The van der Waals surface area contributed by atoms with Gasteiger partial charge in [-0.2, -0.15) is 0 Å². The third kappa shape index (κ3) is 3.78. The zero-order valence-electron chi connectivity index (χ0n) is 13.9. The van der Waals surface area contributed by atoms with Gasteiger partial charge in [0, 0.05) is 6.42 Å². The van der Waals surface area contributed by atoms with Crippen LogP contribution >= 0.6 is 0 Å². The zero-order chi connectivity index (χ0) is 18.0. The highest BCUT2D eigenvalue weighted by molar-refractivity contribution is 6.38. The molecular formula is C19H21F3O3. The van der Waals surface area contributed by atoms with Gasteiger partial charge in [-0.3, -0.25) is 9.59 Å². The van der Waals surface area contributed by atoms with Gasteiger partial charge < -0.3 is 4.74 Å². The second-order valence-electron chi connectivity index (χ2n) is 7.01. The third-order valence-corrected chi connectivity index (χ3v) is 5.50. The Morgan fingerprint density at radius 1 is 1.16 bits per heavy atom. The summed E-state index contributed by atoms with van der Waals surface area (Å²) in [6.07, 6.45) is 2.13. The number of carbonyl (C=O) groups excluding carboxylic acids is 2. The van der Waals surface area contributed by atoms with Crippen LogP contribution in [0, 0.1) is 11.7 Å². The van der Waals surface area contributed by atoms with Gasteiger partial charge in [-0.15, -0.1) is 0 Å². The number of Topliss-reactive ketones (excluding diaryl/α,β-unsaturated/α-hetero) is 2. The summed E-state index contributed by atoms with van der Waals surface area (Å²) in [7, 11) is 0. The lowest BCUT2D eigenvalue weighted by Crippen LogP contribution is -2.49. The van der Waals surface area contributed by atoms with Crippen LogP contribution in [0.15, 0.2) is 18.2 Å². The number of halogens is 3. The molecule has 1 aromatic carbocycles. The zero-order valence-corrected chi connectivity index (χ0v) is 13.9. The van der Waals surface area contributed by atoms with Crippen LogP contribution < -0.4 is 0 Å². The summed E-state index contributed by atoms with van der Waals surface area (Å²) >= 11 is 0. The molecule has 1 saturated heterocycles. The molecule has 3 rings (SSSR count). The maximum atomic E-state index is 13.8. The quantitative estimate of drug-likeness (QED) is 0.745. The summed E-state index contributed by atoms with van der Waals surface area (Å²) in [6.45, 7) is -0.200. The van der Waals surface area contributed by atoms with Crippen molar-refractivity contribution in [1.82, 2.24) is 0 Å². The molecule has 0 N–H and O–H groups in total. The summed E-state index contributed by atoms with van der Waals surface area (Å²) in [4.78, 5) is 23.5. The van der Waals surface area contributed by atoms with Crippen molar-refractivity contribution in [1.29, 1.82) is 0 Å². The van der Waals surface area contributed by atoms with Crippen LogP contribution in [-0.4, -0.2) is 23.8 Å². The number of hydrogen-bond donors (Lipinski definition) is 0. The van der Waals surface area contributed by atoms with Crippen LogP contribution in [0.5, 0.6) is 0 Å². The molecule has 0 radical (unpaired) electrons. The van der Waals surface area contributed by atoms with E-state index >= 15 is 0 Å². The van der Waals surface area contributed by atoms with Crippen molar-refractivity contribution < 1.29 is 27.5 Å². The van der Waals surface area contributed by atoms with Gasteiger partial charge in [-0.25, -0.2) is 13.2 Å². The molecule has 1 heterocycles. The maximum absolute atomic E-state index is 13.8. The van der Waals surface area contributed by atoms with Gasteiger partial charge >= 0.3 is 0 Å². The molecule has 1 aromatic rings. The second-order valence-corrected chi connectivity index (χ2v) is 7.01. The van der Waals surface area contributed by atoms with E-state index in [1.54, 1.807) is 0 Å². The molecule has 3 nitrogen and oxygen atoms in total.